The van der Waals surface area contributed by atoms with Crippen LogP contribution in [-0.4, -0.2) is 35.4 Å². The minimum atomic E-state index is -0.396. The number of ether oxygens (including phenoxy) is 1. The Morgan fingerprint density at radius 1 is 1.60 bits per heavy atom. The number of fused-ring (bicyclic) bond motifs is 2. The van der Waals surface area contributed by atoms with E-state index in [-0.39, 0.29) is 18.1 Å². The Hall–Kier alpha value is -0.610. The van der Waals surface area contributed by atoms with Crippen molar-refractivity contribution in [3.63, 3.8) is 0 Å². The molecule has 15 heavy (non-hydrogen) atoms. The van der Waals surface area contributed by atoms with Gasteiger partial charge in [-0.05, 0) is 32.6 Å². The molecule has 2 aliphatic heterocycles. The highest BCUT2D eigenvalue weighted by atomic mass is 16.5. The maximum atomic E-state index is 11.5. The summed E-state index contributed by atoms with van der Waals surface area (Å²) < 4.78 is 5.65. The van der Waals surface area contributed by atoms with Crippen molar-refractivity contribution in [2.75, 3.05) is 0 Å². The van der Waals surface area contributed by atoms with Crippen LogP contribution in [0.15, 0.2) is 0 Å². The van der Waals surface area contributed by atoms with Crippen molar-refractivity contribution in [3.05, 3.63) is 0 Å². The summed E-state index contributed by atoms with van der Waals surface area (Å²) >= 11 is 0. The monoisotopic (exact) mass is 213 g/mol. The molecule has 2 rings (SSSR count). The molecule has 86 valence electrons. The number of hydrogen-bond donors (Lipinski definition) is 2. The van der Waals surface area contributed by atoms with Gasteiger partial charge in [-0.3, -0.25) is 4.79 Å². The minimum Gasteiger partial charge on any atom is -0.393 e. The van der Waals surface area contributed by atoms with Gasteiger partial charge in [0.25, 0.3) is 0 Å². The third-order valence-corrected chi connectivity index (χ3v) is 3.24. The van der Waals surface area contributed by atoms with Crippen LogP contribution in [0.1, 0.15) is 39.0 Å². The molecule has 0 radical (unpaired) electrons. The van der Waals surface area contributed by atoms with Crippen molar-refractivity contribution in [1.29, 1.82) is 0 Å². The predicted octanol–water partition coefficient (Wildman–Crippen LogP) is 0.583. The number of hydrogen-bond acceptors (Lipinski definition) is 3. The van der Waals surface area contributed by atoms with Crippen molar-refractivity contribution in [3.8, 4) is 0 Å². The molecule has 0 aromatic heterocycles. The molecule has 0 aliphatic carbocycles. The zero-order valence-corrected chi connectivity index (χ0v) is 9.11. The van der Waals surface area contributed by atoms with E-state index in [0.29, 0.717) is 18.9 Å². The smallest absolute Gasteiger partial charge is 0.220 e. The average Bonchev–Trinajstić information content (AvgIpc) is 2.76. The molecule has 4 unspecified atom stereocenters. The lowest BCUT2D eigenvalue weighted by molar-refractivity contribution is -0.122. The van der Waals surface area contributed by atoms with Crippen LogP contribution in [0.25, 0.3) is 0 Å². The quantitative estimate of drug-likeness (QED) is 0.718. The first-order valence-electron chi connectivity index (χ1n) is 5.78. The van der Waals surface area contributed by atoms with Gasteiger partial charge < -0.3 is 15.2 Å². The third-order valence-electron chi connectivity index (χ3n) is 3.24. The van der Waals surface area contributed by atoms with E-state index in [1.165, 1.54) is 0 Å². The highest BCUT2D eigenvalue weighted by molar-refractivity contribution is 5.76. The lowest BCUT2D eigenvalue weighted by Crippen LogP contribution is -2.41. The van der Waals surface area contributed by atoms with Crippen LogP contribution in [0.4, 0.5) is 0 Å². The second kappa shape index (κ2) is 4.49. The van der Waals surface area contributed by atoms with Gasteiger partial charge in [-0.1, -0.05) is 0 Å². The third kappa shape index (κ3) is 2.69. The standard InChI is InChI=1S/C11H19NO3/c1-7(13)2-5-11(14)12-9-6-8-3-4-10(9)15-8/h7-10,13H,2-6H2,1H3,(H,12,14). The number of nitrogens with one attached hydrogen (secondary N) is 1. The van der Waals surface area contributed by atoms with Gasteiger partial charge >= 0.3 is 0 Å². The normalized spacial score (nSPS) is 35.5. The fraction of sp³-hybridized carbons (Fsp3) is 0.909. The fourth-order valence-corrected chi connectivity index (χ4v) is 2.41. The molecule has 4 heteroatoms. The molecule has 4 nitrogen and oxygen atoms in total. The highest BCUT2D eigenvalue weighted by Gasteiger charge is 2.41. The van der Waals surface area contributed by atoms with Gasteiger partial charge in [0, 0.05) is 6.42 Å². The molecular formula is C11H19NO3. The van der Waals surface area contributed by atoms with Crippen LogP contribution < -0.4 is 5.32 Å². The summed E-state index contributed by atoms with van der Waals surface area (Å²) in [7, 11) is 0. The van der Waals surface area contributed by atoms with Crippen molar-refractivity contribution in [2.45, 2.75) is 63.4 Å². The van der Waals surface area contributed by atoms with Crippen molar-refractivity contribution in [1.82, 2.24) is 5.32 Å². The molecule has 2 bridgehead atoms. The lowest BCUT2D eigenvalue weighted by atomic mass is 9.95. The van der Waals surface area contributed by atoms with Gasteiger partial charge in [-0.2, -0.15) is 0 Å². The highest BCUT2D eigenvalue weighted by Crippen LogP contribution is 2.34. The van der Waals surface area contributed by atoms with Gasteiger partial charge in [0.15, 0.2) is 0 Å². The van der Waals surface area contributed by atoms with Crippen LogP contribution in [0, 0.1) is 0 Å². The zero-order chi connectivity index (χ0) is 10.8. The molecule has 2 fully saturated rings. The van der Waals surface area contributed by atoms with Crippen molar-refractivity contribution >= 4 is 5.91 Å². The van der Waals surface area contributed by atoms with E-state index >= 15 is 0 Å². The van der Waals surface area contributed by atoms with Gasteiger partial charge in [0.1, 0.15) is 0 Å². The number of carbonyl (C=O) groups excluding carboxylic acids is 1. The summed E-state index contributed by atoms with van der Waals surface area (Å²) in [5.74, 6) is 0.0389. The Kier molecular flexibility index (Phi) is 3.26. The second-order valence-corrected chi connectivity index (χ2v) is 4.67. The first-order chi connectivity index (χ1) is 7.15. The number of amides is 1. The summed E-state index contributed by atoms with van der Waals surface area (Å²) in [5.41, 5.74) is 0. The van der Waals surface area contributed by atoms with E-state index in [1.807, 2.05) is 0 Å². The van der Waals surface area contributed by atoms with Gasteiger partial charge in [-0.15, -0.1) is 0 Å². The zero-order valence-electron chi connectivity index (χ0n) is 9.11. The molecule has 0 saturated carbocycles. The largest absolute Gasteiger partial charge is 0.393 e. The van der Waals surface area contributed by atoms with Crippen molar-refractivity contribution < 1.29 is 14.6 Å². The van der Waals surface area contributed by atoms with E-state index in [1.54, 1.807) is 6.92 Å². The average molecular weight is 213 g/mol. The number of aliphatic hydroxyl groups excluding tert-OH is 1. The Balaban J connectivity index is 1.71. The molecule has 4 atom stereocenters. The predicted molar refractivity (Wildman–Crippen MR) is 55.4 cm³/mol. The molecule has 0 aromatic carbocycles. The van der Waals surface area contributed by atoms with E-state index < -0.39 is 6.10 Å². The first kappa shape index (κ1) is 10.9. The fourth-order valence-electron chi connectivity index (χ4n) is 2.41. The van der Waals surface area contributed by atoms with Gasteiger partial charge in [0.05, 0.1) is 24.4 Å². The summed E-state index contributed by atoms with van der Waals surface area (Å²) in [6.07, 6.45) is 4.34. The van der Waals surface area contributed by atoms with Crippen LogP contribution in [-0.2, 0) is 9.53 Å². The number of carbonyl (C=O) groups is 1. The molecule has 2 saturated heterocycles. The van der Waals surface area contributed by atoms with Gasteiger partial charge in [-0.25, -0.2) is 0 Å². The molecule has 0 aromatic rings. The maximum absolute atomic E-state index is 11.5. The van der Waals surface area contributed by atoms with Crippen LogP contribution in [0.5, 0.6) is 0 Å². The molecule has 2 N–H and O–H groups in total. The Labute approximate surface area is 90.0 Å². The van der Waals surface area contributed by atoms with Crippen LogP contribution >= 0.6 is 0 Å². The van der Waals surface area contributed by atoms with E-state index in [4.69, 9.17) is 9.84 Å². The van der Waals surface area contributed by atoms with Crippen LogP contribution in [0.3, 0.4) is 0 Å². The summed E-state index contributed by atoms with van der Waals surface area (Å²) in [4.78, 5) is 11.5. The molecule has 2 aliphatic rings. The molecular weight excluding hydrogens is 194 g/mol. The topological polar surface area (TPSA) is 58.6 Å². The van der Waals surface area contributed by atoms with E-state index in [0.717, 1.165) is 19.3 Å². The van der Waals surface area contributed by atoms with Crippen LogP contribution in [0.2, 0.25) is 0 Å². The second-order valence-electron chi connectivity index (χ2n) is 4.67. The molecule has 2 heterocycles. The Bertz CT molecular complexity index is 242. The van der Waals surface area contributed by atoms with Gasteiger partial charge in [0.2, 0.25) is 5.91 Å². The number of rotatable bonds is 4. The molecule has 0 spiro atoms. The summed E-state index contributed by atoms with van der Waals surface area (Å²) in [6.45, 7) is 1.70. The summed E-state index contributed by atoms with van der Waals surface area (Å²) in [5, 5.41) is 12.1. The lowest BCUT2D eigenvalue weighted by Gasteiger charge is -2.20. The SMILES string of the molecule is CC(O)CCC(=O)NC1CC2CCC1O2. The minimum absolute atomic E-state index is 0.0389. The maximum Gasteiger partial charge on any atom is 0.220 e. The molecule has 1 amide bonds. The number of aliphatic hydroxyl groups is 1. The van der Waals surface area contributed by atoms with E-state index in [9.17, 15) is 4.79 Å². The van der Waals surface area contributed by atoms with Crippen molar-refractivity contribution in [2.24, 2.45) is 0 Å². The Morgan fingerprint density at radius 3 is 2.93 bits per heavy atom. The Morgan fingerprint density at radius 2 is 2.40 bits per heavy atom. The van der Waals surface area contributed by atoms with E-state index in [2.05, 4.69) is 5.32 Å². The summed E-state index contributed by atoms with van der Waals surface area (Å²) in [6, 6.07) is 0.213. The first-order valence-corrected chi connectivity index (χ1v) is 5.78.